The van der Waals surface area contributed by atoms with Gasteiger partial charge in [0.15, 0.2) is 0 Å². The number of nitro benzene ring substituents is 2. The van der Waals surface area contributed by atoms with E-state index >= 15 is 0 Å². The predicted molar refractivity (Wildman–Crippen MR) is 104 cm³/mol. The summed E-state index contributed by atoms with van der Waals surface area (Å²) in [6, 6.07) is 15.8. The van der Waals surface area contributed by atoms with Crippen LogP contribution in [-0.4, -0.2) is 15.0 Å². The second-order valence-corrected chi connectivity index (χ2v) is 5.96. The van der Waals surface area contributed by atoms with Crippen LogP contribution in [0.1, 0.15) is 0 Å². The first-order valence-corrected chi connectivity index (χ1v) is 8.33. The average molecular weight is 423 g/mol. The third-order valence-corrected chi connectivity index (χ3v) is 4.07. The molecule has 10 heteroatoms. The van der Waals surface area contributed by atoms with Gasteiger partial charge in [-0.1, -0.05) is 29.3 Å². The molecule has 0 bridgehead atoms. The molecule has 0 saturated carbocycles. The molecule has 1 N–H and O–H groups in total. The van der Waals surface area contributed by atoms with Crippen LogP contribution in [0.4, 0.5) is 11.4 Å². The Morgan fingerprint density at radius 2 is 1.18 bits per heavy atom. The maximum atomic E-state index is 10.5. The summed E-state index contributed by atoms with van der Waals surface area (Å²) < 4.78 is 5.40. The lowest BCUT2D eigenvalue weighted by Crippen LogP contribution is -1.89. The van der Waals surface area contributed by atoms with Crippen LogP contribution in [0.25, 0.3) is 0 Å². The normalized spacial score (nSPS) is 9.79. The Morgan fingerprint density at radius 1 is 0.750 bits per heavy atom. The zero-order valence-electron chi connectivity index (χ0n) is 14.0. The van der Waals surface area contributed by atoms with Crippen molar-refractivity contribution < 1.29 is 19.7 Å². The highest BCUT2D eigenvalue weighted by Gasteiger charge is 2.07. The molecule has 0 fully saturated rings. The van der Waals surface area contributed by atoms with E-state index in [2.05, 4.69) is 0 Å². The maximum absolute atomic E-state index is 10.5. The summed E-state index contributed by atoms with van der Waals surface area (Å²) in [7, 11) is 0. The molecule has 3 aromatic rings. The SMILES string of the molecule is O=[N+]([O-])c1ccc(Oc2ccc([N+](=O)[O-])cc2)cc1.Oc1cccc(Cl)c1Cl. The van der Waals surface area contributed by atoms with Gasteiger partial charge in [0.05, 0.1) is 14.9 Å². The Labute approximate surface area is 168 Å². The number of nitro groups is 2. The number of benzene rings is 3. The third-order valence-electron chi connectivity index (χ3n) is 3.26. The van der Waals surface area contributed by atoms with Gasteiger partial charge in [0.2, 0.25) is 0 Å². The van der Waals surface area contributed by atoms with Crippen LogP contribution >= 0.6 is 23.2 Å². The van der Waals surface area contributed by atoms with E-state index in [0.717, 1.165) is 0 Å². The lowest BCUT2D eigenvalue weighted by molar-refractivity contribution is -0.385. The number of nitrogens with zero attached hydrogens (tertiary/aromatic N) is 2. The Bertz CT molecular complexity index is 903. The summed E-state index contributed by atoms with van der Waals surface area (Å²) in [5, 5.41) is 30.4. The second kappa shape index (κ2) is 9.54. The molecule has 0 atom stereocenters. The highest BCUT2D eigenvalue weighted by molar-refractivity contribution is 6.42. The molecule has 0 radical (unpaired) electrons. The summed E-state index contributed by atoms with van der Waals surface area (Å²) >= 11 is 11.0. The van der Waals surface area contributed by atoms with Crippen molar-refractivity contribution in [1.82, 2.24) is 0 Å². The van der Waals surface area contributed by atoms with Crippen LogP contribution in [0, 0.1) is 20.2 Å². The van der Waals surface area contributed by atoms with Crippen molar-refractivity contribution in [1.29, 1.82) is 0 Å². The second-order valence-electron chi connectivity index (χ2n) is 5.18. The zero-order valence-corrected chi connectivity index (χ0v) is 15.5. The van der Waals surface area contributed by atoms with Crippen LogP contribution in [0.15, 0.2) is 66.7 Å². The van der Waals surface area contributed by atoms with Crippen molar-refractivity contribution in [2.24, 2.45) is 0 Å². The van der Waals surface area contributed by atoms with E-state index in [0.29, 0.717) is 16.5 Å². The Hall–Kier alpha value is -3.36. The fraction of sp³-hybridized carbons (Fsp3) is 0. The minimum atomic E-state index is -0.504. The lowest BCUT2D eigenvalue weighted by Gasteiger charge is -2.04. The minimum absolute atomic E-state index is 0.0177. The Morgan fingerprint density at radius 3 is 1.50 bits per heavy atom. The van der Waals surface area contributed by atoms with E-state index < -0.39 is 9.85 Å². The third kappa shape index (κ3) is 5.83. The van der Waals surface area contributed by atoms with Crippen molar-refractivity contribution in [3.63, 3.8) is 0 Å². The summed E-state index contributed by atoms with van der Waals surface area (Å²) in [6.45, 7) is 0. The first-order valence-electron chi connectivity index (χ1n) is 7.57. The summed E-state index contributed by atoms with van der Waals surface area (Å²) in [5.41, 5.74) is -0.0629. The number of halogens is 2. The van der Waals surface area contributed by atoms with Gasteiger partial charge >= 0.3 is 0 Å². The molecule has 0 spiro atoms. The van der Waals surface area contributed by atoms with E-state index in [1.54, 1.807) is 12.1 Å². The number of ether oxygens (including phenoxy) is 1. The van der Waals surface area contributed by atoms with Gasteiger partial charge in [-0.25, -0.2) is 0 Å². The molecule has 0 aromatic heterocycles. The van der Waals surface area contributed by atoms with Crippen LogP contribution in [-0.2, 0) is 0 Å². The minimum Gasteiger partial charge on any atom is -0.506 e. The van der Waals surface area contributed by atoms with Crippen LogP contribution in [0.3, 0.4) is 0 Å². The topological polar surface area (TPSA) is 116 Å². The Kier molecular flexibility index (Phi) is 7.14. The molecule has 144 valence electrons. The van der Waals surface area contributed by atoms with Gasteiger partial charge in [-0.3, -0.25) is 20.2 Å². The molecular weight excluding hydrogens is 411 g/mol. The number of hydrogen-bond acceptors (Lipinski definition) is 6. The fourth-order valence-electron chi connectivity index (χ4n) is 1.90. The highest BCUT2D eigenvalue weighted by atomic mass is 35.5. The molecule has 0 unspecified atom stereocenters. The molecule has 28 heavy (non-hydrogen) atoms. The summed E-state index contributed by atoms with van der Waals surface area (Å²) in [6.07, 6.45) is 0. The zero-order chi connectivity index (χ0) is 20.7. The summed E-state index contributed by atoms with van der Waals surface area (Å²) in [4.78, 5) is 19.9. The highest BCUT2D eigenvalue weighted by Crippen LogP contribution is 2.29. The molecule has 0 aliphatic carbocycles. The van der Waals surface area contributed by atoms with E-state index in [-0.39, 0.29) is 22.1 Å². The number of rotatable bonds is 4. The lowest BCUT2D eigenvalue weighted by atomic mass is 10.3. The van der Waals surface area contributed by atoms with Gasteiger partial charge in [-0.2, -0.15) is 0 Å². The van der Waals surface area contributed by atoms with Crippen molar-refractivity contribution >= 4 is 34.6 Å². The van der Waals surface area contributed by atoms with Crippen molar-refractivity contribution in [3.8, 4) is 17.2 Å². The first-order chi connectivity index (χ1) is 13.3. The van der Waals surface area contributed by atoms with E-state index in [9.17, 15) is 20.2 Å². The number of non-ortho nitro benzene ring substituents is 2. The molecule has 0 aliphatic heterocycles. The number of phenolic OH excluding ortho intramolecular Hbond substituents is 1. The molecule has 3 aromatic carbocycles. The van der Waals surface area contributed by atoms with Gasteiger partial charge in [0, 0.05) is 24.3 Å². The maximum Gasteiger partial charge on any atom is 0.269 e. The molecule has 0 amide bonds. The van der Waals surface area contributed by atoms with E-state index in [4.69, 9.17) is 33.0 Å². The number of hydrogen-bond donors (Lipinski definition) is 1. The average Bonchev–Trinajstić information content (AvgIpc) is 2.67. The molecule has 3 rings (SSSR count). The van der Waals surface area contributed by atoms with Gasteiger partial charge in [-0.05, 0) is 36.4 Å². The van der Waals surface area contributed by atoms with Gasteiger partial charge < -0.3 is 9.84 Å². The smallest absolute Gasteiger partial charge is 0.269 e. The van der Waals surface area contributed by atoms with Gasteiger partial charge in [0.25, 0.3) is 11.4 Å². The molecule has 0 aliphatic rings. The fourth-order valence-corrected chi connectivity index (χ4v) is 2.20. The monoisotopic (exact) mass is 422 g/mol. The van der Waals surface area contributed by atoms with Gasteiger partial charge in [0.1, 0.15) is 22.3 Å². The Balaban J connectivity index is 0.000000261. The van der Waals surface area contributed by atoms with Crippen molar-refractivity contribution in [2.45, 2.75) is 0 Å². The van der Waals surface area contributed by atoms with E-state index in [1.807, 2.05) is 0 Å². The largest absolute Gasteiger partial charge is 0.506 e. The molecule has 0 heterocycles. The number of aromatic hydroxyl groups is 1. The first kappa shape index (κ1) is 20.9. The molecular formula is C18H12Cl2N2O6. The molecule has 0 saturated heterocycles. The summed E-state index contributed by atoms with van der Waals surface area (Å²) in [5.74, 6) is 0.850. The number of phenols is 1. The van der Waals surface area contributed by atoms with Crippen LogP contribution in [0.5, 0.6) is 17.2 Å². The van der Waals surface area contributed by atoms with E-state index in [1.165, 1.54) is 54.6 Å². The van der Waals surface area contributed by atoms with Crippen LogP contribution < -0.4 is 4.74 Å². The predicted octanol–water partition coefficient (Wildman–Crippen LogP) is 5.99. The molecule has 8 nitrogen and oxygen atoms in total. The van der Waals surface area contributed by atoms with Crippen molar-refractivity contribution in [2.75, 3.05) is 0 Å². The van der Waals surface area contributed by atoms with Crippen molar-refractivity contribution in [3.05, 3.63) is 97.0 Å². The van der Waals surface area contributed by atoms with Crippen LogP contribution in [0.2, 0.25) is 10.0 Å². The quantitative estimate of drug-likeness (QED) is 0.407. The standard InChI is InChI=1S/C12H8N2O5.C6H4Cl2O/c15-13(16)9-1-5-11(6-2-9)19-12-7-3-10(4-8-12)14(17)18;7-4-2-1-3-5(9)6(4)8/h1-8H;1-3,9H. The van der Waals surface area contributed by atoms with Gasteiger partial charge in [-0.15, -0.1) is 0 Å².